The number of anilines is 9. The van der Waals surface area contributed by atoms with Gasteiger partial charge in [0.15, 0.2) is 0 Å². The number of nitrogens with zero attached hydrogens (tertiary/aromatic N) is 3. The van der Waals surface area contributed by atoms with E-state index in [2.05, 4.69) is 252 Å². The second kappa shape index (κ2) is 14.8. The van der Waals surface area contributed by atoms with Gasteiger partial charge in [-0.2, -0.15) is 10.0 Å². The summed E-state index contributed by atoms with van der Waals surface area (Å²) < 4.78 is 0. The van der Waals surface area contributed by atoms with Gasteiger partial charge in [0.2, 0.25) is 0 Å². The van der Waals surface area contributed by atoms with Crippen molar-refractivity contribution < 1.29 is 0 Å². The maximum absolute atomic E-state index is 2.48. The lowest BCUT2D eigenvalue weighted by Crippen LogP contribution is -2.15. The third-order valence-electron chi connectivity index (χ3n) is 11.2. The average molecular weight is 766 g/mol. The van der Waals surface area contributed by atoms with Crippen molar-refractivity contribution in [1.29, 1.82) is 0 Å². The van der Waals surface area contributed by atoms with Crippen LogP contribution in [-0.4, -0.2) is 12.5 Å². The minimum atomic E-state index is -1.55. The van der Waals surface area contributed by atoms with E-state index in [9.17, 15) is 0 Å². The molecular formula is C54H43N3S. The summed E-state index contributed by atoms with van der Waals surface area (Å²) in [4.78, 5) is 9.94. The van der Waals surface area contributed by atoms with Crippen molar-refractivity contribution in [3.8, 4) is 11.1 Å². The molecule has 0 atom stereocenters. The van der Waals surface area contributed by atoms with Crippen LogP contribution in [0.4, 0.5) is 51.2 Å². The smallest absolute Gasteiger partial charge is 0.0478 e. The monoisotopic (exact) mass is 765 g/mol. The molecule has 4 heteroatoms. The molecule has 0 spiro atoms. The minimum absolute atomic E-state index is 1.12. The standard InChI is InChI=1S/C54H43N3S/c1-58(2)52-38-47(55(41-21-9-3-10-22-41)42-23-11-4-12-24-42)33-34-50(52)51-37-48(56(43-25-13-5-14-26-43)44-27-15-6-16-28-44)35-40-36-49(39-53(58)54(40)51)57(45-29-17-7-18-30-45)46-31-19-8-20-32-46/h3-39H,1-2H3. The predicted octanol–water partition coefficient (Wildman–Crippen LogP) is 15.7. The SMILES string of the molecule is CS1(C)c2cc(N(c3ccccc3)c3ccccc3)ccc2-c2cc(N(c3ccccc3)c3ccccc3)cc3cc(N(c4ccccc4)c4ccccc4)cc1c23. The zero-order valence-electron chi connectivity index (χ0n) is 32.6. The number of hydrogen-bond acceptors (Lipinski definition) is 3. The van der Waals surface area contributed by atoms with Crippen molar-refractivity contribution in [2.75, 3.05) is 27.2 Å². The van der Waals surface area contributed by atoms with E-state index in [-0.39, 0.29) is 0 Å². The van der Waals surface area contributed by atoms with Gasteiger partial charge in [0, 0.05) is 66.4 Å². The van der Waals surface area contributed by atoms with Crippen molar-refractivity contribution in [2.24, 2.45) is 0 Å². The summed E-state index contributed by atoms with van der Waals surface area (Å²) >= 11 is 0. The molecule has 1 aliphatic heterocycles. The summed E-state index contributed by atoms with van der Waals surface area (Å²) in [5.74, 6) is 0. The molecular weight excluding hydrogens is 723 g/mol. The van der Waals surface area contributed by atoms with E-state index in [4.69, 9.17) is 0 Å². The van der Waals surface area contributed by atoms with E-state index >= 15 is 0 Å². The lowest BCUT2D eigenvalue weighted by atomic mass is 9.94. The molecule has 0 saturated carbocycles. The van der Waals surface area contributed by atoms with Gasteiger partial charge in [0.05, 0.1) is 0 Å². The average Bonchev–Trinajstić information content (AvgIpc) is 3.28. The molecule has 0 bridgehead atoms. The predicted molar refractivity (Wildman–Crippen MR) is 249 cm³/mol. The highest BCUT2D eigenvalue weighted by Gasteiger charge is 2.33. The van der Waals surface area contributed by atoms with E-state index < -0.39 is 10.0 Å². The molecule has 1 heterocycles. The van der Waals surface area contributed by atoms with Crippen LogP contribution in [0.25, 0.3) is 21.9 Å². The van der Waals surface area contributed by atoms with Crippen LogP contribution >= 0.6 is 10.0 Å². The third-order valence-corrected chi connectivity index (χ3v) is 14.1. The van der Waals surface area contributed by atoms with Crippen LogP contribution in [0.15, 0.2) is 234 Å². The van der Waals surface area contributed by atoms with Gasteiger partial charge in [-0.3, -0.25) is 0 Å². The Balaban J connectivity index is 1.26. The van der Waals surface area contributed by atoms with E-state index in [1.807, 2.05) is 0 Å². The third kappa shape index (κ3) is 6.28. The van der Waals surface area contributed by atoms with Crippen molar-refractivity contribution in [2.45, 2.75) is 9.79 Å². The Kier molecular flexibility index (Phi) is 9.04. The van der Waals surface area contributed by atoms with Crippen LogP contribution in [0.3, 0.4) is 0 Å². The van der Waals surface area contributed by atoms with E-state index in [1.54, 1.807) is 0 Å². The van der Waals surface area contributed by atoms with Crippen LogP contribution in [-0.2, 0) is 0 Å². The summed E-state index contributed by atoms with van der Waals surface area (Å²) in [6, 6.07) is 81.3. The molecule has 10 rings (SSSR count). The number of rotatable bonds is 9. The normalized spacial score (nSPS) is 13.0. The molecule has 9 aromatic rings. The molecule has 0 N–H and O–H groups in total. The van der Waals surface area contributed by atoms with Gasteiger partial charge in [-0.25, -0.2) is 0 Å². The Morgan fingerprint density at radius 2 is 0.603 bits per heavy atom. The molecule has 0 aromatic heterocycles. The summed E-state index contributed by atoms with van der Waals surface area (Å²) in [6.07, 6.45) is 4.96. The van der Waals surface area contributed by atoms with E-state index in [0.29, 0.717) is 0 Å². The highest BCUT2D eigenvalue weighted by Crippen LogP contribution is 2.67. The molecule has 0 amide bonds. The maximum atomic E-state index is 2.48. The van der Waals surface area contributed by atoms with Gasteiger partial charge in [0.1, 0.15) is 0 Å². The number of para-hydroxylation sites is 6. The number of benzene rings is 9. The summed E-state index contributed by atoms with van der Waals surface area (Å²) in [5, 5.41) is 2.55. The van der Waals surface area contributed by atoms with Gasteiger partial charge < -0.3 is 14.7 Å². The first kappa shape index (κ1) is 35.4. The van der Waals surface area contributed by atoms with Gasteiger partial charge in [-0.05, 0) is 138 Å². The summed E-state index contributed by atoms with van der Waals surface area (Å²) in [5.41, 5.74) is 12.7. The molecule has 0 aliphatic carbocycles. The molecule has 280 valence electrons. The first-order valence-electron chi connectivity index (χ1n) is 19.7. The topological polar surface area (TPSA) is 9.72 Å². The Hall–Kier alpha value is -7.01. The van der Waals surface area contributed by atoms with Crippen molar-refractivity contribution in [1.82, 2.24) is 0 Å². The number of fused-ring (bicyclic) bond motifs is 2. The van der Waals surface area contributed by atoms with Crippen LogP contribution in [0, 0.1) is 0 Å². The molecule has 0 radical (unpaired) electrons. The number of hydrogen-bond donors (Lipinski definition) is 0. The van der Waals surface area contributed by atoms with Crippen LogP contribution < -0.4 is 14.7 Å². The lowest BCUT2D eigenvalue weighted by Gasteiger charge is -2.42. The second-order valence-electron chi connectivity index (χ2n) is 15.1. The van der Waals surface area contributed by atoms with Crippen LogP contribution in [0.2, 0.25) is 0 Å². The van der Waals surface area contributed by atoms with Gasteiger partial charge in [-0.1, -0.05) is 115 Å². The van der Waals surface area contributed by atoms with E-state index in [0.717, 1.165) is 51.2 Å². The fourth-order valence-electron chi connectivity index (χ4n) is 8.54. The molecule has 0 saturated heterocycles. The molecule has 9 aromatic carbocycles. The Bertz CT molecular complexity index is 2720. The van der Waals surface area contributed by atoms with Gasteiger partial charge >= 0.3 is 0 Å². The Labute approximate surface area is 343 Å². The van der Waals surface area contributed by atoms with Crippen molar-refractivity contribution in [3.63, 3.8) is 0 Å². The first-order chi connectivity index (χ1) is 28.5. The quantitative estimate of drug-likeness (QED) is 0.145. The molecule has 0 fully saturated rings. The summed E-state index contributed by atoms with van der Waals surface area (Å²) in [7, 11) is -1.55. The van der Waals surface area contributed by atoms with Crippen molar-refractivity contribution in [3.05, 3.63) is 224 Å². The maximum Gasteiger partial charge on any atom is 0.0478 e. The largest absolute Gasteiger partial charge is 0.310 e. The zero-order valence-corrected chi connectivity index (χ0v) is 33.4. The molecule has 58 heavy (non-hydrogen) atoms. The van der Waals surface area contributed by atoms with Crippen LogP contribution in [0.5, 0.6) is 0 Å². The highest BCUT2D eigenvalue weighted by molar-refractivity contribution is 8.33. The Morgan fingerprint density at radius 3 is 0.983 bits per heavy atom. The van der Waals surface area contributed by atoms with Crippen molar-refractivity contribution >= 4 is 72.0 Å². The van der Waals surface area contributed by atoms with Crippen LogP contribution in [0.1, 0.15) is 0 Å². The minimum Gasteiger partial charge on any atom is -0.310 e. The molecule has 0 unspecified atom stereocenters. The van der Waals surface area contributed by atoms with Gasteiger partial charge in [-0.15, -0.1) is 0 Å². The molecule has 1 aliphatic rings. The van der Waals surface area contributed by atoms with E-state index in [1.165, 1.54) is 31.7 Å². The Morgan fingerprint density at radius 1 is 0.276 bits per heavy atom. The van der Waals surface area contributed by atoms with Gasteiger partial charge in [0.25, 0.3) is 0 Å². The molecule has 3 nitrogen and oxygen atoms in total. The fourth-order valence-corrected chi connectivity index (χ4v) is 11.1. The fraction of sp³-hybridized carbons (Fsp3) is 0.0370. The zero-order chi connectivity index (χ0) is 39.1. The summed E-state index contributed by atoms with van der Waals surface area (Å²) in [6.45, 7) is 0. The highest BCUT2D eigenvalue weighted by atomic mass is 32.3. The lowest BCUT2D eigenvalue weighted by molar-refractivity contribution is 1.24. The first-order valence-corrected chi connectivity index (χ1v) is 22.2. The second-order valence-corrected chi connectivity index (χ2v) is 18.6.